The fraction of sp³-hybridized carbons (Fsp3) is 0.174. The van der Waals surface area contributed by atoms with Crippen LogP contribution in [-0.2, 0) is 4.74 Å². The zero-order valence-electron chi connectivity index (χ0n) is 16.6. The normalized spacial score (nSPS) is 18.0. The summed E-state index contributed by atoms with van der Waals surface area (Å²) in [4.78, 5) is 34.1. The molecule has 3 heterocycles. The second-order valence-electron chi connectivity index (χ2n) is 7.81. The van der Waals surface area contributed by atoms with Crippen molar-refractivity contribution < 1.29 is 9.53 Å². The number of cyclic esters (lactones) is 1. The van der Waals surface area contributed by atoms with Crippen LogP contribution >= 0.6 is 0 Å². The first-order chi connectivity index (χ1) is 14.5. The Bertz CT molecular complexity index is 1290. The summed E-state index contributed by atoms with van der Waals surface area (Å²) in [5.41, 5.74) is 2.10. The molecule has 0 radical (unpaired) electrons. The average Bonchev–Trinajstić information content (AvgIpc) is 3.20. The molecule has 0 bridgehead atoms. The van der Waals surface area contributed by atoms with Gasteiger partial charge in [-0.25, -0.2) is 19.1 Å². The highest BCUT2D eigenvalue weighted by atomic mass is 16.6. The van der Waals surface area contributed by atoms with Gasteiger partial charge in [0.1, 0.15) is 17.5 Å². The number of H-pyrrole nitrogens is 1. The van der Waals surface area contributed by atoms with E-state index < -0.39 is 11.7 Å². The number of aromatic amines is 1. The number of anilines is 1. The van der Waals surface area contributed by atoms with E-state index >= 15 is 0 Å². The molecule has 1 aliphatic rings. The van der Waals surface area contributed by atoms with Gasteiger partial charge in [-0.05, 0) is 43.7 Å². The van der Waals surface area contributed by atoms with Crippen molar-refractivity contribution >= 4 is 22.8 Å². The number of rotatable bonds is 3. The molecular weight excluding hydrogens is 380 g/mol. The largest absolute Gasteiger partial charge is 0.441 e. The van der Waals surface area contributed by atoms with Gasteiger partial charge in [-0.2, -0.15) is 0 Å². The Kier molecular flexibility index (Phi) is 3.99. The summed E-state index contributed by atoms with van der Waals surface area (Å²) in [5.74, 6) is 0.476. The maximum atomic E-state index is 12.7. The molecule has 2 aromatic carbocycles. The quantitative estimate of drug-likeness (QED) is 0.559. The number of fused-ring (bicyclic) bond motifs is 1. The Morgan fingerprint density at radius 3 is 2.43 bits per heavy atom. The van der Waals surface area contributed by atoms with Crippen LogP contribution in [0.3, 0.4) is 0 Å². The SMILES string of the molecule is CC1(C)OC(=O)N(c2ccc(-n3c(=O)[nH]c4ccccc43)nc2)[C@H]1c1ccccc1. The predicted octanol–water partition coefficient (Wildman–Crippen LogP) is 4.19. The molecule has 7 heteroatoms. The molecule has 1 N–H and O–H groups in total. The van der Waals surface area contributed by atoms with Gasteiger partial charge >= 0.3 is 11.8 Å². The van der Waals surface area contributed by atoms with Crippen LogP contribution in [0.15, 0.2) is 77.7 Å². The number of nitrogens with zero attached hydrogens (tertiary/aromatic N) is 3. The summed E-state index contributed by atoms with van der Waals surface area (Å²) in [6.45, 7) is 3.80. The van der Waals surface area contributed by atoms with E-state index in [2.05, 4.69) is 9.97 Å². The molecular formula is C23H20N4O3. The lowest BCUT2D eigenvalue weighted by molar-refractivity contribution is 0.0685. The number of hydrogen-bond donors (Lipinski definition) is 1. The fourth-order valence-electron chi connectivity index (χ4n) is 4.12. The predicted molar refractivity (Wildman–Crippen MR) is 114 cm³/mol. The minimum atomic E-state index is -0.703. The molecule has 1 aliphatic heterocycles. The minimum Gasteiger partial charge on any atom is -0.441 e. The lowest BCUT2D eigenvalue weighted by Gasteiger charge is -2.29. The van der Waals surface area contributed by atoms with Gasteiger partial charge in [0.2, 0.25) is 0 Å². The van der Waals surface area contributed by atoms with Crippen molar-refractivity contribution in [1.29, 1.82) is 0 Å². The third kappa shape index (κ3) is 2.78. The van der Waals surface area contributed by atoms with Gasteiger partial charge in [0.15, 0.2) is 0 Å². The second kappa shape index (κ2) is 6.59. The number of para-hydroxylation sites is 2. The van der Waals surface area contributed by atoms with E-state index in [1.54, 1.807) is 23.2 Å². The van der Waals surface area contributed by atoms with Gasteiger partial charge in [0.25, 0.3) is 0 Å². The zero-order valence-corrected chi connectivity index (χ0v) is 16.6. The number of aromatic nitrogens is 3. The third-order valence-electron chi connectivity index (χ3n) is 5.41. The molecule has 0 saturated carbocycles. The summed E-state index contributed by atoms with van der Waals surface area (Å²) in [6.07, 6.45) is 1.18. The number of pyridine rings is 1. The molecule has 0 spiro atoms. The second-order valence-corrected chi connectivity index (χ2v) is 7.81. The van der Waals surface area contributed by atoms with Gasteiger partial charge in [0.05, 0.1) is 22.9 Å². The maximum Gasteiger partial charge on any atom is 0.415 e. The topological polar surface area (TPSA) is 80.2 Å². The molecule has 30 heavy (non-hydrogen) atoms. The number of benzene rings is 2. The summed E-state index contributed by atoms with van der Waals surface area (Å²) in [5, 5.41) is 0. The lowest BCUT2D eigenvalue weighted by atomic mass is 9.91. The van der Waals surface area contributed by atoms with Crippen molar-refractivity contribution in [2.45, 2.75) is 25.5 Å². The number of nitrogens with one attached hydrogen (secondary N) is 1. The van der Waals surface area contributed by atoms with Crippen LogP contribution in [0.25, 0.3) is 16.9 Å². The van der Waals surface area contributed by atoms with Gasteiger partial charge in [-0.3, -0.25) is 4.90 Å². The zero-order chi connectivity index (χ0) is 20.9. The van der Waals surface area contributed by atoms with E-state index in [9.17, 15) is 9.59 Å². The number of carbonyl (C=O) groups is 1. The monoisotopic (exact) mass is 400 g/mol. The number of ether oxygens (including phenoxy) is 1. The maximum absolute atomic E-state index is 12.7. The Morgan fingerprint density at radius 2 is 1.70 bits per heavy atom. The molecule has 0 unspecified atom stereocenters. The van der Waals surface area contributed by atoms with E-state index in [0.29, 0.717) is 11.5 Å². The highest BCUT2D eigenvalue weighted by Crippen LogP contribution is 2.43. The van der Waals surface area contributed by atoms with Crippen molar-refractivity contribution in [3.05, 3.63) is 89.0 Å². The Hall–Kier alpha value is -3.87. The standard InChI is InChI=1S/C23H20N4O3/c1-23(2)20(15-8-4-3-5-9-15)26(22(29)30-23)16-12-13-19(24-14-16)27-18-11-7-6-10-17(18)25-21(27)28/h3-14,20H,1-2H3,(H,25,28)/t20-/m0/s1. The Labute approximate surface area is 172 Å². The van der Waals surface area contributed by atoms with Crippen LogP contribution < -0.4 is 10.6 Å². The van der Waals surface area contributed by atoms with Crippen LogP contribution in [0.2, 0.25) is 0 Å². The molecule has 1 fully saturated rings. The molecule has 5 rings (SSSR count). The Balaban J connectivity index is 1.57. The van der Waals surface area contributed by atoms with Gasteiger partial charge in [-0.15, -0.1) is 0 Å². The number of carbonyl (C=O) groups excluding carboxylic acids is 1. The summed E-state index contributed by atoms with van der Waals surface area (Å²) < 4.78 is 7.17. The lowest BCUT2D eigenvalue weighted by Crippen LogP contribution is -2.33. The molecule has 1 saturated heterocycles. The van der Waals surface area contributed by atoms with Crippen molar-refractivity contribution in [3.63, 3.8) is 0 Å². The smallest absolute Gasteiger partial charge is 0.415 e. The first kappa shape index (κ1) is 18.2. The average molecular weight is 400 g/mol. The number of hydrogen-bond acceptors (Lipinski definition) is 4. The fourth-order valence-corrected chi connectivity index (χ4v) is 4.12. The van der Waals surface area contributed by atoms with E-state index in [1.165, 1.54) is 4.57 Å². The molecule has 7 nitrogen and oxygen atoms in total. The van der Waals surface area contributed by atoms with Crippen LogP contribution in [-0.4, -0.2) is 26.2 Å². The van der Waals surface area contributed by atoms with Gasteiger partial charge in [0, 0.05) is 0 Å². The van der Waals surface area contributed by atoms with Crippen molar-refractivity contribution in [2.24, 2.45) is 0 Å². The molecule has 0 aliphatic carbocycles. The molecule has 1 amide bonds. The van der Waals surface area contributed by atoms with Gasteiger partial charge < -0.3 is 9.72 Å². The molecule has 150 valence electrons. The van der Waals surface area contributed by atoms with Gasteiger partial charge in [-0.1, -0.05) is 42.5 Å². The van der Waals surface area contributed by atoms with E-state index in [0.717, 1.165) is 16.6 Å². The summed E-state index contributed by atoms with van der Waals surface area (Å²) in [7, 11) is 0. The first-order valence-electron chi connectivity index (χ1n) is 9.69. The summed E-state index contributed by atoms with van der Waals surface area (Å²) >= 11 is 0. The molecule has 2 aromatic heterocycles. The van der Waals surface area contributed by atoms with Crippen LogP contribution in [0.5, 0.6) is 0 Å². The Morgan fingerprint density at radius 1 is 0.967 bits per heavy atom. The highest BCUT2D eigenvalue weighted by molar-refractivity contribution is 5.91. The van der Waals surface area contributed by atoms with Crippen molar-refractivity contribution in [2.75, 3.05) is 4.90 Å². The minimum absolute atomic E-state index is 0.264. The third-order valence-corrected chi connectivity index (χ3v) is 5.41. The van der Waals surface area contributed by atoms with E-state index in [-0.39, 0.29) is 11.7 Å². The van der Waals surface area contributed by atoms with Crippen LogP contribution in [0.4, 0.5) is 10.5 Å². The van der Waals surface area contributed by atoms with E-state index in [1.807, 2.05) is 68.4 Å². The summed E-state index contributed by atoms with van der Waals surface area (Å²) in [6, 6.07) is 20.4. The van der Waals surface area contributed by atoms with Crippen molar-refractivity contribution in [3.8, 4) is 5.82 Å². The number of amides is 1. The molecule has 1 atom stereocenters. The molecule has 4 aromatic rings. The van der Waals surface area contributed by atoms with Crippen molar-refractivity contribution in [1.82, 2.24) is 14.5 Å². The highest BCUT2D eigenvalue weighted by Gasteiger charge is 2.49. The number of imidazole rings is 1. The van der Waals surface area contributed by atoms with Crippen LogP contribution in [0, 0.1) is 0 Å². The van der Waals surface area contributed by atoms with Crippen LogP contribution in [0.1, 0.15) is 25.5 Å². The first-order valence-corrected chi connectivity index (χ1v) is 9.69. The van der Waals surface area contributed by atoms with E-state index in [4.69, 9.17) is 4.74 Å².